The van der Waals surface area contributed by atoms with E-state index in [1.807, 2.05) is 0 Å². The van der Waals surface area contributed by atoms with E-state index in [0.717, 1.165) is 0 Å². The summed E-state index contributed by atoms with van der Waals surface area (Å²) in [6.45, 7) is 1.66. The molecule has 0 atom stereocenters. The molecule has 0 amide bonds. The molecule has 0 aliphatic carbocycles. The zero-order valence-corrected chi connectivity index (χ0v) is 13.2. The standard InChI is InChI=1S/C18H18O5/c1-11-15(22-2)10-16(23-3)17(18(11)21)14(20)8-7-12-5-4-6-13(19)9-12/h4-10,19,21H,1-3H3/b8-7+. The fourth-order valence-electron chi connectivity index (χ4n) is 2.22. The normalized spacial score (nSPS) is 10.7. The number of phenols is 2. The summed E-state index contributed by atoms with van der Waals surface area (Å²) >= 11 is 0. The SMILES string of the molecule is COc1cc(OC)c(C(=O)/C=C/c2cccc(O)c2)c(O)c1C. The first-order chi connectivity index (χ1) is 11.0. The van der Waals surface area contributed by atoms with Gasteiger partial charge in [0.2, 0.25) is 0 Å². The highest BCUT2D eigenvalue weighted by Gasteiger charge is 2.20. The lowest BCUT2D eigenvalue weighted by molar-refractivity contribution is 0.104. The molecule has 0 saturated carbocycles. The number of aromatic hydroxyl groups is 2. The van der Waals surface area contributed by atoms with Crippen LogP contribution in [0.1, 0.15) is 21.5 Å². The maximum Gasteiger partial charge on any atom is 0.193 e. The van der Waals surface area contributed by atoms with Gasteiger partial charge in [-0.25, -0.2) is 0 Å². The highest BCUT2D eigenvalue weighted by atomic mass is 16.5. The van der Waals surface area contributed by atoms with Gasteiger partial charge in [-0.3, -0.25) is 4.79 Å². The van der Waals surface area contributed by atoms with Crippen molar-refractivity contribution >= 4 is 11.9 Å². The van der Waals surface area contributed by atoms with Crippen LogP contribution in [-0.2, 0) is 0 Å². The van der Waals surface area contributed by atoms with Crippen LogP contribution in [0, 0.1) is 6.92 Å². The number of carbonyl (C=O) groups is 1. The highest BCUT2D eigenvalue weighted by Crippen LogP contribution is 2.38. The average molecular weight is 314 g/mol. The van der Waals surface area contributed by atoms with E-state index in [1.165, 1.54) is 26.4 Å². The Labute approximate surface area is 134 Å². The predicted octanol–water partition coefficient (Wildman–Crippen LogP) is 3.32. The molecule has 0 fully saturated rings. The number of carbonyl (C=O) groups excluding carboxylic acids is 1. The number of hydrogen-bond acceptors (Lipinski definition) is 5. The van der Waals surface area contributed by atoms with Crippen molar-refractivity contribution in [3.8, 4) is 23.0 Å². The number of phenolic OH excluding ortho intramolecular Hbond substituents is 2. The van der Waals surface area contributed by atoms with Gasteiger partial charge in [0.15, 0.2) is 5.78 Å². The van der Waals surface area contributed by atoms with Crippen molar-refractivity contribution in [2.24, 2.45) is 0 Å². The molecule has 2 aromatic rings. The van der Waals surface area contributed by atoms with Gasteiger partial charge in [0.05, 0.1) is 14.2 Å². The summed E-state index contributed by atoms with van der Waals surface area (Å²) in [7, 11) is 2.89. The molecule has 23 heavy (non-hydrogen) atoms. The van der Waals surface area contributed by atoms with Gasteiger partial charge < -0.3 is 19.7 Å². The number of rotatable bonds is 5. The Balaban J connectivity index is 2.41. The minimum Gasteiger partial charge on any atom is -0.508 e. The third kappa shape index (κ3) is 3.45. The maximum atomic E-state index is 12.4. The van der Waals surface area contributed by atoms with Gasteiger partial charge in [-0.2, -0.15) is 0 Å². The van der Waals surface area contributed by atoms with E-state index in [0.29, 0.717) is 16.9 Å². The van der Waals surface area contributed by atoms with E-state index < -0.39 is 5.78 Å². The summed E-state index contributed by atoms with van der Waals surface area (Å²) in [5.74, 6) is 0.198. The van der Waals surface area contributed by atoms with Crippen molar-refractivity contribution in [1.29, 1.82) is 0 Å². The van der Waals surface area contributed by atoms with E-state index in [1.54, 1.807) is 37.3 Å². The maximum absolute atomic E-state index is 12.4. The van der Waals surface area contributed by atoms with Crippen molar-refractivity contribution in [2.75, 3.05) is 14.2 Å². The Hall–Kier alpha value is -2.95. The van der Waals surface area contributed by atoms with Crippen LogP contribution >= 0.6 is 0 Å². The monoisotopic (exact) mass is 314 g/mol. The molecule has 5 nitrogen and oxygen atoms in total. The summed E-state index contributed by atoms with van der Waals surface area (Å²) in [4.78, 5) is 12.4. The molecule has 2 N–H and O–H groups in total. The van der Waals surface area contributed by atoms with Crippen molar-refractivity contribution in [3.05, 3.63) is 53.1 Å². The summed E-state index contributed by atoms with van der Waals surface area (Å²) in [6.07, 6.45) is 2.87. The third-order valence-corrected chi connectivity index (χ3v) is 3.45. The Morgan fingerprint density at radius 2 is 1.78 bits per heavy atom. The van der Waals surface area contributed by atoms with Crippen LogP contribution in [-0.4, -0.2) is 30.2 Å². The molecule has 120 valence electrons. The van der Waals surface area contributed by atoms with Gasteiger partial charge in [-0.15, -0.1) is 0 Å². The van der Waals surface area contributed by atoms with Gasteiger partial charge in [0.25, 0.3) is 0 Å². The molecule has 0 bridgehead atoms. The molecule has 0 aliphatic heterocycles. The average Bonchev–Trinajstić information content (AvgIpc) is 2.55. The summed E-state index contributed by atoms with van der Waals surface area (Å²) < 4.78 is 10.3. The number of allylic oxidation sites excluding steroid dienone is 1. The lowest BCUT2D eigenvalue weighted by atomic mass is 10.0. The summed E-state index contributed by atoms with van der Waals surface area (Å²) in [5.41, 5.74) is 1.20. The Kier molecular flexibility index (Phi) is 4.91. The summed E-state index contributed by atoms with van der Waals surface area (Å²) in [5, 5.41) is 19.7. The molecule has 2 aromatic carbocycles. The predicted molar refractivity (Wildman–Crippen MR) is 87.4 cm³/mol. The van der Waals surface area contributed by atoms with Crippen LogP contribution in [0.25, 0.3) is 6.08 Å². The number of ether oxygens (including phenoxy) is 2. The van der Waals surface area contributed by atoms with E-state index in [9.17, 15) is 15.0 Å². The minimum absolute atomic E-state index is 0.0715. The van der Waals surface area contributed by atoms with Crippen LogP contribution in [0.5, 0.6) is 23.0 Å². The summed E-state index contributed by atoms with van der Waals surface area (Å²) in [6, 6.07) is 8.06. The highest BCUT2D eigenvalue weighted by molar-refractivity contribution is 6.11. The second-order valence-corrected chi connectivity index (χ2v) is 4.92. The second kappa shape index (κ2) is 6.87. The van der Waals surface area contributed by atoms with E-state index >= 15 is 0 Å². The van der Waals surface area contributed by atoms with Crippen LogP contribution in [0.3, 0.4) is 0 Å². The minimum atomic E-state index is -0.409. The van der Waals surface area contributed by atoms with Gasteiger partial charge >= 0.3 is 0 Å². The topological polar surface area (TPSA) is 76.0 Å². The van der Waals surface area contributed by atoms with Crippen molar-refractivity contribution in [2.45, 2.75) is 6.92 Å². The van der Waals surface area contributed by atoms with Gasteiger partial charge in [0, 0.05) is 11.6 Å². The molecule has 2 rings (SSSR count). The van der Waals surface area contributed by atoms with E-state index in [4.69, 9.17) is 9.47 Å². The molecule has 0 aromatic heterocycles. The lowest BCUT2D eigenvalue weighted by Gasteiger charge is -2.13. The molecule has 0 aliphatic rings. The fraction of sp³-hybridized carbons (Fsp3) is 0.167. The van der Waals surface area contributed by atoms with Crippen LogP contribution < -0.4 is 9.47 Å². The van der Waals surface area contributed by atoms with E-state index in [2.05, 4.69) is 0 Å². The molecular formula is C18H18O5. The number of hydrogen-bond donors (Lipinski definition) is 2. The Morgan fingerprint density at radius 3 is 2.39 bits per heavy atom. The van der Waals surface area contributed by atoms with Crippen molar-refractivity contribution in [3.63, 3.8) is 0 Å². The molecule has 0 unspecified atom stereocenters. The van der Waals surface area contributed by atoms with Crippen molar-refractivity contribution in [1.82, 2.24) is 0 Å². The molecule has 0 heterocycles. The molecular weight excluding hydrogens is 296 g/mol. The zero-order chi connectivity index (χ0) is 17.0. The second-order valence-electron chi connectivity index (χ2n) is 4.92. The smallest absolute Gasteiger partial charge is 0.193 e. The van der Waals surface area contributed by atoms with Crippen LogP contribution in [0.15, 0.2) is 36.4 Å². The molecule has 5 heteroatoms. The first-order valence-corrected chi connectivity index (χ1v) is 6.94. The van der Waals surface area contributed by atoms with Crippen LogP contribution in [0.2, 0.25) is 0 Å². The Bertz CT molecular complexity index is 762. The Morgan fingerprint density at radius 1 is 1.09 bits per heavy atom. The fourth-order valence-corrected chi connectivity index (χ4v) is 2.22. The van der Waals surface area contributed by atoms with Gasteiger partial charge in [-0.1, -0.05) is 18.2 Å². The first kappa shape index (κ1) is 16.4. The number of ketones is 1. The van der Waals surface area contributed by atoms with Gasteiger partial charge in [0.1, 0.15) is 28.6 Å². The van der Waals surface area contributed by atoms with Gasteiger partial charge in [-0.05, 0) is 30.7 Å². The molecule has 0 spiro atoms. The number of methoxy groups -OCH3 is 2. The first-order valence-electron chi connectivity index (χ1n) is 6.94. The molecule has 0 radical (unpaired) electrons. The largest absolute Gasteiger partial charge is 0.508 e. The zero-order valence-electron chi connectivity index (χ0n) is 13.2. The van der Waals surface area contributed by atoms with Crippen LogP contribution in [0.4, 0.5) is 0 Å². The third-order valence-electron chi connectivity index (χ3n) is 3.45. The lowest BCUT2D eigenvalue weighted by Crippen LogP contribution is -2.02. The van der Waals surface area contributed by atoms with Crippen molar-refractivity contribution < 1.29 is 24.5 Å². The number of benzene rings is 2. The van der Waals surface area contributed by atoms with E-state index in [-0.39, 0.29) is 22.8 Å². The molecule has 0 saturated heterocycles. The quantitative estimate of drug-likeness (QED) is 0.654.